The van der Waals surface area contributed by atoms with Crippen LogP contribution in [0.25, 0.3) is 4.83 Å². The van der Waals surface area contributed by atoms with Crippen LogP contribution < -0.4 is 0 Å². The van der Waals surface area contributed by atoms with Gasteiger partial charge in [-0.1, -0.05) is 24.3 Å². The van der Waals surface area contributed by atoms with Gasteiger partial charge in [0, 0.05) is 0 Å². The molecule has 0 N–H and O–H groups in total. The molecule has 20 heavy (non-hydrogen) atoms. The summed E-state index contributed by atoms with van der Waals surface area (Å²) < 4.78 is 30.3. The predicted octanol–water partition coefficient (Wildman–Crippen LogP) is 2.01. The lowest BCUT2D eigenvalue weighted by atomic mass is 10.2. The first kappa shape index (κ1) is 15.2. The maximum Gasteiger partial charge on any atom is 0.142 e. The largest absolute Gasteiger partial charge is 0.373 e. The molecule has 0 amide bonds. The highest BCUT2D eigenvalue weighted by molar-refractivity contribution is 7.93. The molecule has 1 saturated heterocycles. The van der Waals surface area contributed by atoms with Gasteiger partial charge in [0.2, 0.25) is 0 Å². The van der Waals surface area contributed by atoms with Crippen LogP contribution in [0.4, 0.5) is 0 Å². The third-order valence-electron chi connectivity index (χ3n) is 3.37. The Kier molecular flexibility index (Phi) is 4.59. The molecule has 1 fully saturated rings. The van der Waals surface area contributed by atoms with E-state index in [1.807, 2.05) is 6.92 Å². The Morgan fingerprint density at radius 1 is 1.30 bits per heavy atom. The van der Waals surface area contributed by atoms with E-state index in [1.165, 1.54) is 0 Å². The van der Waals surface area contributed by atoms with Crippen molar-refractivity contribution in [3.8, 4) is 0 Å². The standard InChI is InChI=1S/C14H20N2O3S/c1-3-8-16(9-11-19-12-10-16)15-20(17,18)14-6-4-13(2)5-7-14/h3-7H,1,8-12H2,2H3. The number of hydrogen-bond donors (Lipinski definition) is 0. The number of hydrogen-bond acceptors (Lipinski definition) is 3. The number of quaternary nitrogens is 1. The number of aryl methyl sites for hydroxylation is 1. The molecule has 5 nitrogen and oxygen atoms in total. The normalized spacial score (nSPS) is 18.6. The molecule has 1 aromatic carbocycles. The molecule has 1 aliphatic rings. The molecule has 1 aromatic rings. The van der Waals surface area contributed by atoms with Gasteiger partial charge in [0.25, 0.3) is 0 Å². The number of rotatable bonds is 5. The second-order valence-corrected chi connectivity index (χ2v) is 6.58. The van der Waals surface area contributed by atoms with Crippen molar-refractivity contribution >= 4 is 10.0 Å². The Morgan fingerprint density at radius 3 is 2.45 bits per heavy atom. The zero-order valence-corrected chi connectivity index (χ0v) is 12.5. The van der Waals surface area contributed by atoms with E-state index >= 15 is 0 Å². The van der Waals surface area contributed by atoms with E-state index in [0.717, 1.165) is 5.56 Å². The van der Waals surface area contributed by atoms with Gasteiger partial charge in [0.05, 0.1) is 37.7 Å². The summed E-state index contributed by atoms with van der Waals surface area (Å²) >= 11 is 0. The zero-order valence-electron chi connectivity index (χ0n) is 11.7. The molecule has 1 heterocycles. The van der Waals surface area contributed by atoms with E-state index in [-0.39, 0.29) is 9.49 Å². The monoisotopic (exact) mass is 296 g/mol. The molecule has 0 spiro atoms. The molecule has 0 atom stereocenters. The van der Waals surface area contributed by atoms with Crippen molar-refractivity contribution in [3.63, 3.8) is 0 Å². The predicted molar refractivity (Wildman–Crippen MR) is 77.6 cm³/mol. The fraction of sp³-hybridized carbons (Fsp3) is 0.429. The van der Waals surface area contributed by atoms with Crippen LogP contribution in [0.1, 0.15) is 5.56 Å². The first-order chi connectivity index (χ1) is 9.47. The summed E-state index contributed by atoms with van der Waals surface area (Å²) in [6.07, 6.45) is 1.71. The molecule has 0 aliphatic carbocycles. The molecule has 0 bridgehead atoms. The molecule has 110 valence electrons. The Morgan fingerprint density at radius 2 is 1.90 bits per heavy atom. The van der Waals surface area contributed by atoms with Gasteiger partial charge in [-0.2, -0.15) is 0 Å². The lowest BCUT2D eigenvalue weighted by Gasteiger charge is -2.49. The first-order valence-electron chi connectivity index (χ1n) is 6.58. The van der Waals surface area contributed by atoms with Crippen molar-refractivity contribution in [2.45, 2.75) is 11.8 Å². The van der Waals surface area contributed by atoms with Gasteiger partial charge in [0.15, 0.2) is 0 Å². The van der Waals surface area contributed by atoms with Gasteiger partial charge in [0.1, 0.15) is 10.0 Å². The summed E-state index contributed by atoms with van der Waals surface area (Å²) in [6, 6.07) is 6.75. The lowest BCUT2D eigenvalue weighted by Crippen LogP contribution is -2.52. The maximum absolute atomic E-state index is 12.4. The quantitative estimate of drug-likeness (QED) is 0.617. The van der Waals surface area contributed by atoms with Gasteiger partial charge >= 0.3 is 0 Å². The Labute approximate surface area is 120 Å². The van der Waals surface area contributed by atoms with Gasteiger partial charge < -0.3 is 14.2 Å². The molecule has 0 aromatic heterocycles. The lowest BCUT2D eigenvalue weighted by molar-refractivity contribution is -0.888. The van der Waals surface area contributed by atoms with E-state index in [9.17, 15) is 8.42 Å². The fourth-order valence-electron chi connectivity index (χ4n) is 2.21. The number of nitrogens with zero attached hydrogens (tertiary/aromatic N) is 2. The minimum absolute atomic E-state index is 0.139. The van der Waals surface area contributed by atoms with Gasteiger partial charge in [-0.3, -0.25) is 0 Å². The number of ether oxygens (including phenoxy) is 1. The van der Waals surface area contributed by atoms with Crippen molar-refractivity contribution in [1.82, 2.24) is 0 Å². The summed E-state index contributed by atoms with van der Waals surface area (Å²) in [7, 11) is -3.66. The van der Waals surface area contributed by atoms with E-state index in [0.29, 0.717) is 32.8 Å². The zero-order chi connectivity index (χ0) is 14.6. The van der Waals surface area contributed by atoms with Crippen molar-refractivity contribution in [2.24, 2.45) is 0 Å². The minimum Gasteiger partial charge on any atom is -0.373 e. The van der Waals surface area contributed by atoms with Crippen LogP contribution in [0.5, 0.6) is 0 Å². The molecule has 0 unspecified atom stereocenters. The van der Waals surface area contributed by atoms with Crippen molar-refractivity contribution < 1.29 is 17.7 Å². The molecule has 1 aliphatic heterocycles. The average Bonchev–Trinajstić information content (AvgIpc) is 2.39. The fourth-order valence-corrected chi connectivity index (χ4v) is 3.47. The second-order valence-electron chi connectivity index (χ2n) is 5.00. The van der Waals surface area contributed by atoms with Crippen LogP contribution in [0.15, 0.2) is 41.8 Å². The Hall–Kier alpha value is -1.21. The third kappa shape index (κ3) is 3.46. The molecular weight excluding hydrogens is 276 g/mol. The smallest absolute Gasteiger partial charge is 0.142 e. The van der Waals surface area contributed by atoms with E-state index in [4.69, 9.17) is 4.74 Å². The van der Waals surface area contributed by atoms with Crippen LogP contribution in [0.2, 0.25) is 0 Å². The van der Waals surface area contributed by atoms with E-state index in [2.05, 4.69) is 11.4 Å². The first-order valence-corrected chi connectivity index (χ1v) is 8.02. The molecule has 0 radical (unpaired) electrons. The van der Waals surface area contributed by atoms with Crippen LogP contribution in [-0.4, -0.2) is 45.9 Å². The van der Waals surface area contributed by atoms with E-state index in [1.54, 1.807) is 30.3 Å². The molecule has 2 rings (SSSR count). The molecular formula is C14H20N2O3S. The highest BCUT2D eigenvalue weighted by Gasteiger charge is 2.26. The van der Waals surface area contributed by atoms with Crippen LogP contribution >= 0.6 is 0 Å². The Balaban J connectivity index is 2.24. The van der Waals surface area contributed by atoms with Gasteiger partial charge in [-0.25, -0.2) is 8.42 Å². The van der Waals surface area contributed by atoms with Crippen LogP contribution in [0, 0.1) is 6.92 Å². The minimum atomic E-state index is -3.66. The van der Waals surface area contributed by atoms with Crippen LogP contribution in [-0.2, 0) is 14.8 Å². The topological polar surface area (TPSA) is 57.5 Å². The van der Waals surface area contributed by atoms with E-state index < -0.39 is 10.0 Å². The number of benzene rings is 1. The number of morpholine rings is 1. The highest BCUT2D eigenvalue weighted by atomic mass is 32.2. The summed E-state index contributed by atoms with van der Waals surface area (Å²) in [5.41, 5.74) is 1.02. The molecule has 6 heteroatoms. The average molecular weight is 296 g/mol. The number of sulfonamides is 1. The SMILES string of the molecule is C=CC[N+]1([N-]S(=O)(=O)c2ccc(C)cc2)CCOCC1. The second kappa shape index (κ2) is 6.05. The summed E-state index contributed by atoms with van der Waals surface area (Å²) in [5, 5.41) is 0. The van der Waals surface area contributed by atoms with Crippen molar-refractivity contribution in [3.05, 3.63) is 47.3 Å². The van der Waals surface area contributed by atoms with Crippen molar-refractivity contribution in [1.29, 1.82) is 0 Å². The highest BCUT2D eigenvalue weighted by Crippen LogP contribution is 2.27. The summed E-state index contributed by atoms with van der Waals surface area (Å²) in [5.74, 6) is 0. The Bertz CT molecular complexity index is 561. The van der Waals surface area contributed by atoms with Crippen molar-refractivity contribution in [2.75, 3.05) is 32.8 Å². The molecule has 0 saturated carbocycles. The van der Waals surface area contributed by atoms with Gasteiger partial charge in [-0.15, -0.1) is 0 Å². The summed E-state index contributed by atoms with van der Waals surface area (Å²) in [4.78, 5) is 4.38. The maximum atomic E-state index is 12.4. The van der Waals surface area contributed by atoms with Crippen LogP contribution in [0.3, 0.4) is 0 Å². The summed E-state index contributed by atoms with van der Waals surface area (Å²) in [6.45, 7) is 8.25. The van der Waals surface area contributed by atoms with Gasteiger partial charge in [-0.05, 0) is 25.1 Å². The third-order valence-corrected chi connectivity index (χ3v) is 4.80.